The second kappa shape index (κ2) is 7.23. The molecule has 0 radical (unpaired) electrons. The number of nitriles is 1. The summed E-state index contributed by atoms with van der Waals surface area (Å²) in [6.07, 6.45) is -2.57. The topological polar surface area (TPSA) is 103 Å². The van der Waals surface area contributed by atoms with E-state index in [4.69, 9.17) is 23.2 Å². The smallest absolute Gasteiger partial charge is 0.366 e. The van der Waals surface area contributed by atoms with Gasteiger partial charge in [0.25, 0.3) is 11.8 Å². The van der Waals surface area contributed by atoms with Gasteiger partial charge in [0.05, 0.1) is 23.0 Å². The molecular weight excluding hydrogens is 453 g/mol. The van der Waals surface area contributed by atoms with Crippen LogP contribution in [0.4, 0.5) is 28.9 Å². The molecular formula is C20H13F4N5O2S. The Morgan fingerprint density at radius 3 is 2.44 bits per heavy atom. The molecule has 0 bridgehead atoms. The normalized spacial score (nSPS) is 17.5. The van der Waals surface area contributed by atoms with E-state index in [9.17, 15) is 27.2 Å². The van der Waals surface area contributed by atoms with E-state index in [-0.39, 0.29) is 22.1 Å². The van der Waals surface area contributed by atoms with Gasteiger partial charge in [0.2, 0.25) is 0 Å². The van der Waals surface area contributed by atoms with Crippen molar-refractivity contribution in [3.63, 3.8) is 0 Å². The molecule has 1 saturated carbocycles. The fourth-order valence-corrected chi connectivity index (χ4v) is 4.40. The lowest BCUT2D eigenvalue weighted by Crippen LogP contribution is -2.55. The van der Waals surface area contributed by atoms with Crippen molar-refractivity contribution in [1.82, 2.24) is 4.98 Å². The fourth-order valence-electron chi connectivity index (χ4n) is 3.93. The van der Waals surface area contributed by atoms with Crippen molar-refractivity contribution < 1.29 is 27.2 Å². The average Bonchev–Trinajstić information content (AvgIpc) is 2.93. The van der Waals surface area contributed by atoms with Gasteiger partial charge in [-0.25, -0.2) is 9.37 Å². The van der Waals surface area contributed by atoms with Crippen LogP contribution in [-0.4, -0.2) is 27.4 Å². The number of alkyl halides is 3. The van der Waals surface area contributed by atoms with Crippen molar-refractivity contribution in [2.45, 2.75) is 31.0 Å². The van der Waals surface area contributed by atoms with Crippen molar-refractivity contribution in [2.24, 2.45) is 5.73 Å². The number of hydrogen-bond donors (Lipinski definition) is 1. The molecule has 1 aromatic carbocycles. The summed E-state index contributed by atoms with van der Waals surface area (Å²) in [6, 6.07) is 5.54. The van der Waals surface area contributed by atoms with E-state index in [0.717, 1.165) is 23.2 Å². The minimum Gasteiger partial charge on any atom is -0.366 e. The number of thiocarbonyl (C=S) groups is 1. The number of hydrogen-bond acceptors (Lipinski definition) is 5. The zero-order valence-electron chi connectivity index (χ0n) is 16.1. The van der Waals surface area contributed by atoms with Crippen molar-refractivity contribution in [1.29, 1.82) is 5.26 Å². The summed E-state index contributed by atoms with van der Waals surface area (Å²) < 4.78 is 54.6. The summed E-state index contributed by atoms with van der Waals surface area (Å²) in [6.45, 7) is 0. The molecule has 7 nitrogen and oxygen atoms in total. The Balaban J connectivity index is 1.82. The van der Waals surface area contributed by atoms with Crippen molar-refractivity contribution >= 4 is 40.5 Å². The molecule has 0 unspecified atom stereocenters. The van der Waals surface area contributed by atoms with Crippen LogP contribution >= 0.6 is 12.2 Å². The van der Waals surface area contributed by atoms with Gasteiger partial charge in [-0.15, -0.1) is 0 Å². The lowest BCUT2D eigenvalue weighted by Gasteiger charge is -2.43. The minimum absolute atomic E-state index is 0.158. The first-order valence-corrected chi connectivity index (χ1v) is 9.67. The summed E-state index contributed by atoms with van der Waals surface area (Å²) in [5.41, 5.74) is 1.35. The molecule has 0 atom stereocenters. The van der Waals surface area contributed by atoms with Gasteiger partial charge in [-0.05, 0) is 55.7 Å². The van der Waals surface area contributed by atoms with E-state index in [2.05, 4.69) is 4.98 Å². The summed E-state index contributed by atoms with van der Waals surface area (Å²) >= 11 is 5.42. The van der Waals surface area contributed by atoms with Crippen LogP contribution in [-0.2, 0) is 11.0 Å². The summed E-state index contributed by atoms with van der Waals surface area (Å²) in [4.78, 5) is 30.5. The highest BCUT2D eigenvalue weighted by Gasteiger charge is 2.59. The number of carbonyl (C=O) groups is 2. The monoisotopic (exact) mass is 466 g/mol. The van der Waals surface area contributed by atoms with Crippen LogP contribution in [0.25, 0.3) is 0 Å². The van der Waals surface area contributed by atoms with Gasteiger partial charge in [-0.1, -0.05) is 0 Å². The second-order valence-corrected chi connectivity index (χ2v) is 7.74. The molecule has 32 heavy (non-hydrogen) atoms. The maximum absolute atomic E-state index is 14.4. The highest BCUT2D eigenvalue weighted by atomic mass is 32.1. The third-order valence-electron chi connectivity index (χ3n) is 5.61. The van der Waals surface area contributed by atoms with Gasteiger partial charge in [0.15, 0.2) is 10.8 Å². The lowest BCUT2D eigenvalue weighted by atomic mass is 9.81. The predicted molar refractivity (Wildman–Crippen MR) is 108 cm³/mol. The summed E-state index contributed by atoms with van der Waals surface area (Å²) in [7, 11) is 0. The largest absolute Gasteiger partial charge is 0.419 e. The lowest BCUT2D eigenvalue weighted by molar-refractivity contribution is -0.138. The Kier molecular flexibility index (Phi) is 4.89. The Bertz CT molecular complexity index is 1220. The number of carbonyl (C=O) groups excluding carboxylic acids is 2. The first kappa shape index (κ1) is 21.6. The number of anilines is 2. The van der Waals surface area contributed by atoms with E-state index in [1.54, 1.807) is 0 Å². The molecule has 2 aromatic rings. The Hall–Kier alpha value is -3.59. The van der Waals surface area contributed by atoms with Gasteiger partial charge in [0.1, 0.15) is 17.4 Å². The molecule has 1 aliphatic carbocycles. The van der Waals surface area contributed by atoms with Crippen LogP contribution in [0, 0.1) is 17.1 Å². The molecule has 2 aliphatic rings. The van der Waals surface area contributed by atoms with E-state index < -0.39 is 40.6 Å². The zero-order chi connectivity index (χ0) is 23.4. The Morgan fingerprint density at radius 1 is 1.25 bits per heavy atom. The van der Waals surface area contributed by atoms with Crippen molar-refractivity contribution in [3.05, 3.63) is 53.1 Å². The van der Waals surface area contributed by atoms with Gasteiger partial charge in [-0.2, -0.15) is 18.4 Å². The number of primary amides is 1. The molecule has 12 heteroatoms. The van der Waals surface area contributed by atoms with Crippen LogP contribution in [0.5, 0.6) is 0 Å². The minimum atomic E-state index is -4.87. The maximum Gasteiger partial charge on any atom is 0.419 e. The predicted octanol–water partition coefficient (Wildman–Crippen LogP) is 3.27. The van der Waals surface area contributed by atoms with Gasteiger partial charge in [-0.3, -0.25) is 14.5 Å². The molecule has 2 amide bonds. The third kappa shape index (κ3) is 3.08. The quantitative estimate of drug-likeness (QED) is 0.322. The van der Waals surface area contributed by atoms with Crippen LogP contribution in [0.15, 0.2) is 30.5 Å². The number of rotatable bonds is 3. The van der Waals surface area contributed by atoms with E-state index in [1.807, 2.05) is 0 Å². The van der Waals surface area contributed by atoms with Crippen LogP contribution in [0.2, 0.25) is 0 Å². The van der Waals surface area contributed by atoms with E-state index in [0.29, 0.717) is 25.3 Å². The SMILES string of the molecule is N#[13C]c1ncc(N2C(=S)N(c3ccc(C([15NH2])=O)c(F)c3)C3(CCC3)[13C]2=O)cc1C(F)(F)F. The van der Waals surface area contributed by atoms with Crippen LogP contribution in [0.1, 0.15) is 40.9 Å². The first-order chi connectivity index (χ1) is 15.0. The first-order valence-electron chi connectivity index (χ1n) is 9.27. The average molecular weight is 466 g/mol. The molecule has 164 valence electrons. The number of amides is 2. The molecule has 1 aromatic heterocycles. The molecule has 1 saturated heterocycles. The Labute approximate surface area is 184 Å². The molecule has 4 rings (SSSR count). The van der Waals surface area contributed by atoms with Gasteiger partial charge >= 0.3 is 6.18 Å². The standard InChI is InChI=1S/C20H13F4N5O2S/c21-14-7-10(2-3-12(14)16(26)30)29-18(32)28(17(31)19(29)4-1-5-19)11-6-13(20(22,23)24)15(8-25)27-9-11/h2-3,6-7,9H,1,4-5H2,(H2,26,30)/i8+1,17+1,26+1. The molecule has 1 spiro atoms. The second-order valence-electron chi connectivity index (χ2n) is 7.37. The van der Waals surface area contributed by atoms with Gasteiger partial charge in [0, 0.05) is 5.69 Å². The molecule has 2 N–H and O–H groups in total. The zero-order valence-corrected chi connectivity index (χ0v) is 16.9. The highest BCUT2D eigenvalue weighted by molar-refractivity contribution is 7.81. The van der Waals surface area contributed by atoms with E-state index in [1.165, 1.54) is 17.0 Å². The third-order valence-corrected chi connectivity index (χ3v) is 5.98. The van der Waals surface area contributed by atoms with E-state index >= 15 is 0 Å². The maximum atomic E-state index is 14.4. The van der Waals surface area contributed by atoms with Crippen LogP contribution < -0.4 is 15.5 Å². The van der Waals surface area contributed by atoms with Gasteiger partial charge < -0.3 is 10.6 Å². The number of benzene rings is 1. The number of nitrogens with two attached hydrogens (primary N) is 1. The summed E-state index contributed by atoms with van der Waals surface area (Å²) in [5, 5.41) is 8.79. The number of pyridine rings is 1. The number of nitrogens with zero attached hydrogens (tertiary/aromatic N) is 4. The molecule has 1 aliphatic heterocycles. The van der Waals surface area contributed by atoms with Crippen LogP contribution in [0.3, 0.4) is 0 Å². The number of aromatic nitrogens is 1. The highest BCUT2D eigenvalue weighted by Crippen LogP contribution is 2.48. The fraction of sp³-hybridized carbons (Fsp3) is 0.250. The molecule has 2 fully saturated rings. The Morgan fingerprint density at radius 2 is 1.94 bits per heavy atom. The molecule has 2 heterocycles. The van der Waals surface area contributed by atoms with Crippen molar-refractivity contribution in [3.8, 4) is 6.07 Å². The van der Waals surface area contributed by atoms with Crippen molar-refractivity contribution in [2.75, 3.05) is 9.80 Å². The summed E-state index contributed by atoms with van der Waals surface area (Å²) in [5.74, 6) is -2.47. The number of halogens is 4.